The number of nitrogens with two attached hydrogens (primary N) is 1. The first-order valence-electron chi connectivity index (χ1n) is 31.9. The van der Waals surface area contributed by atoms with Gasteiger partial charge in [-0.1, -0.05) is 299 Å². The summed E-state index contributed by atoms with van der Waals surface area (Å²) in [6.45, 7) is 3.68. The van der Waals surface area contributed by atoms with Gasteiger partial charge in [0.25, 0.3) is 0 Å². The average molecular weight is 1090 g/mol. The third-order valence-electron chi connectivity index (χ3n) is 13.9. The molecule has 76 heavy (non-hydrogen) atoms. The molecule has 0 spiro atoms. The lowest BCUT2D eigenvalue weighted by Gasteiger charge is -2.19. The lowest BCUT2D eigenvalue weighted by molar-refractivity contribution is -0.161. The standard InChI is InChI=1S/C66H120NO8P/c1-3-5-7-9-11-13-15-17-19-21-23-25-27-28-29-30-31-32-33-34-35-36-37-39-41-43-45-47-49-51-53-55-57-59-66(69)75-64(63-74-76(70,71)73-61-60-67)62-72-65(68)58-56-54-52-50-48-46-44-42-40-38-26-24-22-20-18-16-14-12-10-8-6-4-2/h5,7,11,13,17,19,23,25,28-29,31-32,64H,3-4,6,8-10,12,14-16,18,20-22,24,26-27,30,33-63,67H2,1-2H3,(H,70,71)/b7-5-,13-11-,19-17-,25-23-,29-28-,32-31-. The van der Waals surface area contributed by atoms with Crippen molar-refractivity contribution in [1.82, 2.24) is 0 Å². The molecule has 2 unspecified atom stereocenters. The number of hydrogen-bond donors (Lipinski definition) is 2. The van der Waals surface area contributed by atoms with E-state index in [-0.39, 0.29) is 38.6 Å². The van der Waals surface area contributed by atoms with Crippen LogP contribution < -0.4 is 5.73 Å². The van der Waals surface area contributed by atoms with Gasteiger partial charge in [0, 0.05) is 19.4 Å². The Labute approximate surface area is 469 Å². The fourth-order valence-electron chi connectivity index (χ4n) is 9.17. The van der Waals surface area contributed by atoms with E-state index in [1.807, 2.05) is 0 Å². The number of esters is 2. The van der Waals surface area contributed by atoms with E-state index in [4.69, 9.17) is 24.3 Å². The van der Waals surface area contributed by atoms with Crippen LogP contribution in [0.1, 0.15) is 303 Å². The average Bonchev–Trinajstić information content (AvgIpc) is 3.41. The molecule has 2 atom stereocenters. The minimum atomic E-state index is -4.39. The molecule has 3 N–H and O–H groups in total. The fraction of sp³-hybridized carbons (Fsp3) is 0.788. The van der Waals surface area contributed by atoms with Crippen LogP contribution in [0.25, 0.3) is 0 Å². The Hall–Kier alpha value is -2.55. The maximum Gasteiger partial charge on any atom is 0.472 e. The highest BCUT2D eigenvalue weighted by atomic mass is 31.2. The van der Waals surface area contributed by atoms with E-state index < -0.39 is 26.5 Å². The van der Waals surface area contributed by atoms with Gasteiger partial charge >= 0.3 is 19.8 Å². The zero-order chi connectivity index (χ0) is 55.2. The van der Waals surface area contributed by atoms with Gasteiger partial charge in [-0.2, -0.15) is 0 Å². The molecule has 0 aliphatic rings. The predicted octanol–water partition coefficient (Wildman–Crippen LogP) is 20.5. The first kappa shape index (κ1) is 73.5. The molecule has 0 saturated heterocycles. The summed E-state index contributed by atoms with van der Waals surface area (Å²) in [6.07, 6.45) is 79.7. The van der Waals surface area contributed by atoms with Crippen LogP contribution in [0.5, 0.6) is 0 Å². The van der Waals surface area contributed by atoms with E-state index in [2.05, 4.69) is 86.8 Å². The highest BCUT2D eigenvalue weighted by Crippen LogP contribution is 2.43. The summed E-state index contributed by atoms with van der Waals surface area (Å²) < 4.78 is 33.1. The lowest BCUT2D eigenvalue weighted by atomic mass is 10.0. The molecule has 0 aliphatic heterocycles. The van der Waals surface area contributed by atoms with Crippen molar-refractivity contribution in [3.8, 4) is 0 Å². The minimum absolute atomic E-state index is 0.0532. The number of carbonyl (C=O) groups is 2. The first-order chi connectivity index (χ1) is 37.3. The second-order valence-corrected chi connectivity index (χ2v) is 22.7. The molecule has 0 radical (unpaired) electrons. The van der Waals surface area contributed by atoms with Gasteiger partial charge < -0.3 is 20.1 Å². The van der Waals surface area contributed by atoms with Crippen molar-refractivity contribution in [1.29, 1.82) is 0 Å². The van der Waals surface area contributed by atoms with Crippen LogP contribution in [0.15, 0.2) is 72.9 Å². The summed E-state index contributed by atoms with van der Waals surface area (Å²) in [6, 6.07) is 0. The number of rotatable bonds is 60. The Morgan fingerprint density at radius 2 is 0.724 bits per heavy atom. The van der Waals surface area contributed by atoms with Gasteiger partial charge in [0.15, 0.2) is 6.10 Å². The highest BCUT2D eigenvalue weighted by Gasteiger charge is 2.26. The second kappa shape index (κ2) is 61.7. The van der Waals surface area contributed by atoms with Gasteiger partial charge in [0.05, 0.1) is 13.2 Å². The number of ether oxygens (including phenoxy) is 2. The fourth-order valence-corrected chi connectivity index (χ4v) is 9.94. The van der Waals surface area contributed by atoms with Crippen molar-refractivity contribution in [2.24, 2.45) is 5.73 Å². The normalized spacial score (nSPS) is 13.5. The molecule has 0 aliphatic carbocycles. The molecule has 0 saturated carbocycles. The highest BCUT2D eigenvalue weighted by molar-refractivity contribution is 7.47. The summed E-state index contributed by atoms with van der Waals surface area (Å²) in [5, 5.41) is 0. The molecule has 0 fully saturated rings. The first-order valence-corrected chi connectivity index (χ1v) is 33.4. The number of unbranched alkanes of at least 4 members (excludes halogenated alkanes) is 35. The van der Waals surface area contributed by atoms with E-state index >= 15 is 0 Å². The monoisotopic (exact) mass is 1090 g/mol. The minimum Gasteiger partial charge on any atom is -0.462 e. The number of hydrogen-bond acceptors (Lipinski definition) is 8. The third-order valence-corrected chi connectivity index (χ3v) is 14.8. The van der Waals surface area contributed by atoms with Gasteiger partial charge in [-0.15, -0.1) is 0 Å². The Morgan fingerprint density at radius 1 is 0.408 bits per heavy atom. The van der Waals surface area contributed by atoms with Crippen LogP contribution in [0, 0.1) is 0 Å². The van der Waals surface area contributed by atoms with Gasteiger partial charge in [0.2, 0.25) is 0 Å². The number of allylic oxidation sites excluding steroid dienone is 12. The van der Waals surface area contributed by atoms with Gasteiger partial charge in [-0.25, -0.2) is 4.57 Å². The van der Waals surface area contributed by atoms with Crippen LogP contribution in [0.3, 0.4) is 0 Å². The van der Waals surface area contributed by atoms with E-state index in [1.54, 1.807) is 0 Å². The molecular weight excluding hydrogens is 966 g/mol. The SMILES string of the molecule is CC/C=C\C/C=C\C/C=C\C/C=C\C/C=C\C/C=C\CCCCCCCCCCCCCCCCC(=O)OC(COC(=O)CCCCCCCCCCCCCCCCCCCCCCCC)COP(=O)(O)OCCN. The molecule has 0 bridgehead atoms. The molecule has 0 aromatic heterocycles. The van der Waals surface area contributed by atoms with Gasteiger partial charge in [-0.3, -0.25) is 18.6 Å². The molecule has 442 valence electrons. The number of phosphoric acid groups is 1. The van der Waals surface area contributed by atoms with E-state index in [9.17, 15) is 19.0 Å². The molecular formula is C66H120NO8P. The van der Waals surface area contributed by atoms with E-state index in [0.29, 0.717) is 6.42 Å². The molecule has 0 heterocycles. The smallest absolute Gasteiger partial charge is 0.462 e. The quantitative estimate of drug-likeness (QED) is 0.0264. The predicted molar refractivity (Wildman–Crippen MR) is 326 cm³/mol. The summed E-state index contributed by atoms with van der Waals surface area (Å²) in [5.41, 5.74) is 5.39. The topological polar surface area (TPSA) is 134 Å². The van der Waals surface area contributed by atoms with Crippen LogP contribution in [0.2, 0.25) is 0 Å². The largest absolute Gasteiger partial charge is 0.472 e. The van der Waals surface area contributed by atoms with Crippen molar-refractivity contribution >= 4 is 19.8 Å². The summed E-state index contributed by atoms with van der Waals surface area (Å²) in [4.78, 5) is 35.3. The van der Waals surface area contributed by atoms with Crippen LogP contribution in [-0.4, -0.2) is 49.3 Å². The summed E-state index contributed by atoms with van der Waals surface area (Å²) >= 11 is 0. The van der Waals surface area contributed by atoms with Crippen LogP contribution in [0.4, 0.5) is 0 Å². The maximum absolute atomic E-state index is 12.7. The van der Waals surface area contributed by atoms with Crippen LogP contribution in [-0.2, 0) is 32.7 Å². The van der Waals surface area contributed by atoms with Crippen molar-refractivity contribution in [3.05, 3.63) is 72.9 Å². The molecule has 10 heteroatoms. The zero-order valence-electron chi connectivity index (χ0n) is 49.5. The Balaban J connectivity index is 3.90. The van der Waals surface area contributed by atoms with Crippen LogP contribution >= 0.6 is 7.82 Å². The molecule has 0 rings (SSSR count). The summed E-state index contributed by atoms with van der Waals surface area (Å²) in [5.74, 6) is -0.815. The molecule has 9 nitrogen and oxygen atoms in total. The molecule has 0 aromatic rings. The van der Waals surface area contributed by atoms with E-state index in [1.165, 1.54) is 193 Å². The maximum atomic E-state index is 12.7. The number of phosphoric ester groups is 1. The zero-order valence-corrected chi connectivity index (χ0v) is 50.4. The van der Waals surface area contributed by atoms with Gasteiger partial charge in [-0.05, 0) is 64.2 Å². The van der Waals surface area contributed by atoms with Crippen molar-refractivity contribution in [2.75, 3.05) is 26.4 Å². The Kier molecular flexibility index (Phi) is 59.6. The van der Waals surface area contributed by atoms with Gasteiger partial charge in [0.1, 0.15) is 6.61 Å². The van der Waals surface area contributed by atoms with Crippen molar-refractivity contribution in [2.45, 2.75) is 309 Å². The lowest BCUT2D eigenvalue weighted by Crippen LogP contribution is -2.29. The van der Waals surface area contributed by atoms with Crippen molar-refractivity contribution < 1.29 is 37.6 Å². The third kappa shape index (κ3) is 60.7. The number of carbonyl (C=O) groups excluding carboxylic acids is 2. The van der Waals surface area contributed by atoms with Crippen molar-refractivity contribution in [3.63, 3.8) is 0 Å². The molecule has 0 amide bonds. The second-order valence-electron chi connectivity index (χ2n) is 21.3. The van der Waals surface area contributed by atoms with E-state index in [0.717, 1.165) is 77.0 Å². The Morgan fingerprint density at radius 3 is 1.08 bits per heavy atom. The Bertz CT molecular complexity index is 1470. The summed E-state index contributed by atoms with van der Waals surface area (Å²) in [7, 11) is -4.39. The molecule has 0 aromatic carbocycles.